The van der Waals surface area contributed by atoms with Crippen molar-refractivity contribution < 1.29 is 5.11 Å². The molecule has 2 aliphatic rings. The topological polar surface area (TPSA) is 51.1 Å². The van der Waals surface area contributed by atoms with Crippen LogP contribution in [0.15, 0.2) is 59.6 Å². The van der Waals surface area contributed by atoms with Crippen LogP contribution < -0.4 is 10.2 Å². The number of nitrogens with one attached hydrogen (secondary N) is 1. The van der Waals surface area contributed by atoms with Crippen molar-refractivity contribution in [3.05, 3.63) is 65.7 Å². The molecule has 4 rings (SSSR count). The summed E-state index contributed by atoms with van der Waals surface area (Å²) in [5, 5.41) is 12.8. The van der Waals surface area contributed by atoms with E-state index in [1.165, 1.54) is 23.2 Å². The van der Waals surface area contributed by atoms with Crippen LogP contribution in [0.5, 0.6) is 0 Å². The predicted octanol–water partition coefficient (Wildman–Crippen LogP) is 4.47. The second-order valence-corrected chi connectivity index (χ2v) is 8.79. The van der Waals surface area contributed by atoms with Crippen LogP contribution in [-0.4, -0.2) is 55.3 Å². The number of anilines is 1. The zero-order valence-electron chi connectivity index (χ0n) is 19.1. The average Bonchev–Trinajstić information content (AvgIpc) is 3.33. The summed E-state index contributed by atoms with van der Waals surface area (Å²) in [5.74, 6) is 2.08. The lowest BCUT2D eigenvalue weighted by Gasteiger charge is -2.32. The van der Waals surface area contributed by atoms with Gasteiger partial charge >= 0.3 is 0 Å². The first-order chi connectivity index (χ1) is 15.3. The van der Waals surface area contributed by atoms with E-state index >= 15 is 0 Å². The molecule has 2 aromatic rings. The second kappa shape index (κ2) is 12.4. The van der Waals surface area contributed by atoms with Crippen LogP contribution in [-0.2, 0) is 6.54 Å². The van der Waals surface area contributed by atoms with Gasteiger partial charge in [-0.3, -0.25) is 0 Å². The number of aliphatic imine (C=N–C) groups is 1. The number of piperidine rings is 1. The van der Waals surface area contributed by atoms with Gasteiger partial charge in [-0.15, -0.1) is 24.0 Å². The number of benzene rings is 2. The molecule has 0 bridgehead atoms. The third-order valence-corrected chi connectivity index (χ3v) is 6.68. The van der Waals surface area contributed by atoms with Gasteiger partial charge < -0.3 is 20.2 Å². The van der Waals surface area contributed by atoms with Gasteiger partial charge in [-0.05, 0) is 55.4 Å². The molecular weight excluding hydrogens is 511 g/mol. The lowest BCUT2D eigenvalue weighted by atomic mass is 9.97. The van der Waals surface area contributed by atoms with Crippen LogP contribution in [0, 0.1) is 5.92 Å². The Morgan fingerprint density at radius 1 is 1.00 bits per heavy atom. The summed E-state index contributed by atoms with van der Waals surface area (Å²) in [6.45, 7) is 8.18. The van der Waals surface area contributed by atoms with Crippen molar-refractivity contribution in [2.45, 2.75) is 38.6 Å². The predicted molar refractivity (Wildman–Crippen MR) is 144 cm³/mol. The molecule has 2 heterocycles. The molecule has 1 unspecified atom stereocenters. The van der Waals surface area contributed by atoms with Gasteiger partial charge in [0.1, 0.15) is 0 Å². The summed E-state index contributed by atoms with van der Waals surface area (Å²) < 4.78 is 0. The lowest BCUT2D eigenvalue weighted by molar-refractivity contribution is 0.203. The summed E-state index contributed by atoms with van der Waals surface area (Å²) in [6.07, 6.45) is 3.33. The third-order valence-electron chi connectivity index (χ3n) is 6.68. The van der Waals surface area contributed by atoms with Crippen LogP contribution in [0.2, 0.25) is 0 Å². The number of aliphatic hydroxyl groups is 1. The number of hydrogen-bond donors (Lipinski definition) is 2. The standard InChI is InChI=1S/C26H36N4O.HI/c1-2-27-26(30-17-14-24(19-30)23-6-4-3-5-7-23)28-18-21-8-10-25(11-9-21)29-15-12-22(20-31)13-16-29;/h3-11,22,24,31H,2,12-20H2,1H3,(H,27,28);1H. The summed E-state index contributed by atoms with van der Waals surface area (Å²) in [7, 11) is 0. The van der Waals surface area contributed by atoms with Crippen molar-refractivity contribution >= 4 is 35.6 Å². The monoisotopic (exact) mass is 548 g/mol. The normalized spacial score (nSPS) is 19.7. The minimum absolute atomic E-state index is 0. The smallest absolute Gasteiger partial charge is 0.194 e. The van der Waals surface area contributed by atoms with Crippen LogP contribution in [0.1, 0.15) is 43.2 Å². The molecule has 5 nitrogen and oxygen atoms in total. The molecule has 6 heteroatoms. The molecule has 174 valence electrons. The van der Waals surface area contributed by atoms with E-state index in [1.54, 1.807) is 0 Å². The van der Waals surface area contributed by atoms with Crippen LogP contribution in [0.3, 0.4) is 0 Å². The highest BCUT2D eigenvalue weighted by Gasteiger charge is 2.26. The van der Waals surface area contributed by atoms with Crippen LogP contribution in [0.4, 0.5) is 5.69 Å². The summed E-state index contributed by atoms with van der Waals surface area (Å²) >= 11 is 0. The van der Waals surface area contributed by atoms with Gasteiger partial charge in [-0.1, -0.05) is 42.5 Å². The zero-order chi connectivity index (χ0) is 21.5. The van der Waals surface area contributed by atoms with Gasteiger partial charge in [0.05, 0.1) is 6.54 Å². The number of hydrogen-bond acceptors (Lipinski definition) is 3. The maximum absolute atomic E-state index is 9.34. The molecule has 2 saturated heterocycles. The maximum atomic E-state index is 9.34. The molecule has 32 heavy (non-hydrogen) atoms. The van der Waals surface area contributed by atoms with Gasteiger partial charge in [0.25, 0.3) is 0 Å². The van der Waals surface area contributed by atoms with E-state index in [4.69, 9.17) is 4.99 Å². The molecular formula is C26H37IN4O. The number of likely N-dealkylation sites (tertiary alicyclic amines) is 1. The van der Waals surface area contributed by atoms with Crippen molar-refractivity contribution in [1.82, 2.24) is 10.2 Å². The van der Waals surface area contributed by atoms with Gasteiger partial charge in [0.2, 0.25) is 0 Å². The van der Waals surface area contributed by atoms with Crippen LogP contribution >= 0.6 is 24.0 Å². The van der Waals surface area contributed by atoms with Crippen LogP contribution in [0.25, 0.3) is 0 Å². The Bertz CT molecular complexity index is 835. The molecule has 1 atom stereocenters. The Morgan fingerprint density at radius 3 is 2.38 bits per heavy atom. The molecule has 2 N–H and O–H groups in total. The minimum Gasteiger partial charge on any atom is -0.396 e. The highest BCUT2D eigenvalue weighted by Crippen LogP contribution is 2.27. The highest BCUT2D eigenvalue weighted by molar-refractivity contribution is 14.0. The largest absolute Gasteiger partial charge is 0.396 e. The fourth-order valence-electron chi connectivity index (χ4n) is 4.73. The van der Waals surface area contributed by atoms with Gasteiger partial charge in [0, 0.05) is 50.9 Å². The van der Waals surface area contributed by atoms with E-state index in [0.29, 0.717) is 25.0 Å². The SMILES string of the molecule is CCNC(=NCc1ccc(N2CCC(CO)CC2)cc1)N1CCC(c2ccccc2)C1.I. The first kappa shape index (κ1) is 24.8. The molecule has 0 spiro atoms. The number of rotatable bonds is 6. The fraction of sp³-hybridized carbons (Fsp3) is 0.500. The molecule has 0 amide bonds. The van der Waals surface area contributed by atoms with Crippen molar-refractivity contribution in [2.75, 3.05) is 44.2 Å². The molecule has 2 aromatic carbocycles. The van der Waals surface area contributed by atoms with E-state index in [2.05, 4.69) is 76.6 Å². The quantitative estimate of drug-likeness (QED) is 0.318. The van der Waals surface area contributed by atoms with Gasteiger partial charge in [-0.2, -0.15) is 0 Å². The molecule has 0 aromatic heterocycles. The number of aliphatic hydroxyl groups excluding tert-OH is 1. The molecule has 2 aliphatic heterocycles. The Hall–Kier alpha value is -1.80. The third kappa shape index (κ3) is 6.38. The van der Waals surface area contributed by atoms with E-state index in [9.17, 15) is 5.11 Å². The average molecular weight is 549 g/mol. The van der Waals surface area contributed by atoms with E-state index < -0.39 is 0 Å². The fourth-order valence-corrected chi connectivity index (χ4v) is 4.73. The Balaban J connectivity index is 0.00000289. The van der Waals surface area contributed by atoms with E-state index in [-0.39, 0.29) is 24.0 Å². The molecule has 0 aliphatic carbocycles. The van der Waals surface area contributed by atoms with Crippen molar-refractivity contribution in [3.63, 3.8) is 0 Å². The van der Waals surface area contributed by atoms with E-state index in [1.807, 2.05) is 0 Å². The summed E-state index contributed by atoms with van der Waals surface area (Å²) in [4.78, 5) is 9.78. The van der Waals surface area contributed by atoms with Gasteiger partial charge in [-0.25, -0.2) is 4.99 Å². The minimum atomic E-state index is 0. The number of nitrogens with zero attached hydrogens (tertiary/aromatic N) is 3. The highest BCUT2D eigenvalue weighted by atomic mass is 127. The lowest BCUT2D eigenvalue weighted by Crippen LogP contribution is -2.40. The molecule has 0 saturated carbocycles. The van der Waals surface area contributed by atoms with Crippen molar-refractivity contribution in [3.8, 4) is 0 Å². The summed E-state index contributed by atoms with van der Waals surface area (Å²) in [5.41, 5.74) is 3.95. The number of guanidine groups is 1. The Morgan fingerprint density at radius 2 is 1.72 bits per heavy atom. The molecule has 2 fully saturated rings. The Labute approximate surface area is 209 Å². The second-order valence-electron chi connectivity index (χ2n) is 8.79. The van der Waals surface area contributed by atoms with Crippen molar-refractivity contribution in [2.24, 2.45) is 10.9 Å². The number of halogens is 1. The first-order valence-corrected chi connectivity index (χ1v) is 11.8. The van der Waals surface area contributed by atoms with E-state index in [0.717, 1.165) is 51.5 Å². The first-order valence-electron chi connectivity index (χ1n) is 11.8. The maximum Gasteiger partial charge on any atom is 0.194 e. The van der Waals surface area contributed by atoms with Crippen molar-refractivity contribution in [1.29, 1.82) is 0 Å². The molecule has 0 radical (unpaired) electrons. The van der Waals surface area contributed by atoms with Gasteiger partial charge in [0.15, 0.2) is 5.96 Å². The zero-order valence-corrected chi connectivity index (χ0v) is 21.4. The Kier molecular flexibility index (Phi) is 9.66. The summed E-state index contributed by atoms with van der Waals surface area (Å²) in [6, 6.07) is 19.7.